The minimum absolute atomic E-state index is 0.0693. The molecule has 4 amide bonds. The lowest BCUT2D eigenvalue weighted by atomic mass is 9.67. The molecule has 2 aliphatic heterocycles. The highest BCUT2D eigenvalue weighted by molar-refractivity contribution is 6.09. The fourth-order valence-corrected chi connectivity index (χ4v) is 8.21. The van der Waals surface area contributed by atoms with Gasteiger partial charge in [0.2, 0.25) is 5.91 Å². The molecule has 2 N–H and O–H groups in total. The number of hydrogen-bond acceptors (Lipinski definition) is 6. The van der Waals surface area contributed by atoms with Gasteiger partial charge in [-0.25, -0.2) is 9.18 Å². The highest BCUT2D eigenvalue weighted by Crippen LogP contribution is 2.53. The molecule has 1 aromatic rings. The van der Waals surface area contributed by atoms with Gasteiger partial charge in [0, 0.05) is 38.9 Å². The molecule has 2 saturated heterocycles. The average molecular weight is 587 g/mol. The number of benzene rings is 1. The zero-order valence-electron chi connectivity index (χ0n) is 25.1. The van der Waals surface area contributed by atoms with Crippen LogP contribution in [0.4, 0.5) is 9.18 Å². The number of urea groups is 1. The normalized spacial score (nSPS) is 28.8. The van der Waals surface area contributed by atoms with Gasteiger partial charge in [0.15, 0.2) is 0 Å². The van der Waals surface area contributed by atoms with Crippen LogP contribution >= 0.6 is 0 Å². The number of carbonyl (C=O) groups excluding carboxylic acids is 3. The molecule has 2 heterocycles. The summed E-state index contributed by atoms with van der Waals surface area (Å²) >= 11 is 0. The van der Waals surface area contributed by atoms with Crippen LogP contribution in [0.15, 0.2) is 24.3 Å². The van der Waals surface area contributed by atoms with Crippen LogP contribution < -0.4 is 5.32 Å². The van der Waals surface area contributed by atoms with E-state index in [0.29, 0.717) is 56.8 Å². The van der Waals surface area contributed by atoms with E-state index in [9.17, 15) is 23.9 Å². The number of carbonyl (C=O) groups is 3. The predicted molar refractivity (Wildman–Crippen MR) is 156 cm³/mol. The third-order valence-electron chi connectivity index (χ3n) is 10.5. The molecule has 9 nitrogen and oxygen atoms in total. The topological polar surface area (TPSA) is 102 Å². The third kappa shape index (κ3) is 6.36. The van der Waals surface area contributed by atoms with Gasteiger partial charge in [0.05, 0.1) is 6.61 Å². The molecule has 2 aliphatic carbocycles. The van der Waals surface area contributed by atoms with Crippen molar-refractivity contribution in [2.45, 2.75) is 76.4 Å². The summed E-state index contributed by atoms with van der Waals surface area (Å²) in [6, 6.07) is 5.55. The van der Waals surface area contributed by atoms with Crippen LogP contribution in [0.2, 0.25) is 0 Å². The number of aliphatic hydroxyl groups is 1. The zero-order valence-corrected chi connectivity index (χ0v) is 25.1. The number of fused-ring (bicyclic) bond motifs is 2. The van der Waals surface area contributed by atoms with Crippen molar-refractivity contribution in [1.82, 2.24) is 20.0 Å². The van der Waals surface area contributed by atoms with Gasteiger partial charge in [-0.05, 0) is 93.4 Å². The molecule has 5 atom stereocenters. The van der Waals surface area contributed by atoms with Crippen LogP contribution in [0.3, 0.4) is 0 Å². The van der Waals surface area contributed by atoms with Crippen molar-refractivity contribution in [3.63, 3.8) is 0 Å². The molecular formula is C32H47FN4O5. The number of halogens is 1. The van der Waals surface area contributed by atoms with Crippen LogP contribution in [-0.4, -0.2) is 95.7 Å². The predicted octanol–water partition coefficient (Wildman–Crippen LogP) is 3.40. The van der Waals surface area contributed by atoms with E-state index in [4.69, 9.17) is 4.74 Å². The first kappa shape index (κ1) is 30.9. The fraction of sp³-hybridized carbons (Fsp3) is 0.719. The van der Waals surface area contributed by atoms with Crippen molar-refractivity contribution in [2.75, 3.05) is 46.5 Å². The molecule has 232 valence electrons. The summed E-state index contributed by atoms with van der Waals surface area (Å²) in [5, 5.41) is 12.4. The number of ether oxygens (including phenoxy) is 1. The van der Waals surface area contributed by atoms with Gasteiger partial charge < -0.3 is 25.0 Å². The van der Waals surface area contributed by atoms with E-state index in [0.717, 1.165) is 49.1 Å². The monoisotopic (exact) mass is 586 g/mol. The molecule has 4 fully saturated rings. The Bertz CT molecular complexity index is 1110. The molecule has 2 saturated carbocycles. The van der Waals surface area contributed by atoms with Crippen LogP contribution in [0, 0.1) is 29.5 Å². The van der Waals surface area contributed by atoms with Gasteiger partial charge in [-0.1, -0.05) is 25.5 Å². The van der Waals surface area contributed by atoms with E-state index in [2.05, 4.69) is 24.2 Å². The largest absolute Gasteiger partial charge is 0.395 e. The molecule has 0 aromatic heterocycles. The molecule has 42 heavy (non-hydrogen) atoms. The van der Waals surface area contributed by atoms with Crippen molar-refractivity contribution in [3.8, 4) is 0 Å². The van der Waals surface area contributed by atoms with E-state index in [-0.39, 0.29) is 49.3 Å². The lowest BCUT2D eigenvalue weighted by Crippen LogP contribution is -2.53. The van der Waals surface area contributed by atoms with Crippen LogP contribution in [-0.2, 0) is 20.9 Å². The maximum absolute atomic E-state index is 14.0. The Labute approximate surface area is 248 Å². The maximum atomic E-state index is 14.0. The molecule has 1 aromatic carbocycles. The van der Waals surface area contributed by atoms with Gasteiger partial charge in [-0.3, -0.25) is 14.5 Å². The molecule has 3 unspecified atom stereocenters. The Hall–Kier alpha value is -2.56. The van der Waals surface area contributed by atoms with Gasteiger partial charge in [0.25, 0.3) is 5.91 Å². The summed E-state index contributed by atoms with van der Waals surface area (Å²) in [7, 11) is 2.06. The quantitative estimate of drug-likeness (QED) is 0.386. The van der Waals surface area contributed by atoms with Crippen molar-refractivity contribution in [1.29, 1.82) is 0 Å². The smallest absolute Gasteiger partial charge is 0.325 e. The van der Waals surface area contributed by atoms with Crippen molar-refractivity contribution in [3.05, 3.63) is 35.6 Å². The standard InChI is InChI=1S/C32H47FN4O5/c1-3-23(20-35(2)14-15-38)24-6-9-28-25(18-24)10-13-32(28)30(40)37(31(41)34-32)21-29(39)36(27-11-16-42-17-12-27)19-22-4-7-26(33)8-5-22/h4-5,7-8,23-25,27-28,38H,3,6,9-21H2,1-2H3,(H,34,41)/t23?,24-,25?,28?,32+/m1/s1. The Morgan fingerprint density at radius 3 is 2.60 bits per heavy atom. The molecule has 5 rings (SSSR count). The summed E-state index contributed by atoms with van der Waals surface area (Å²) in [6.45, 7) is 5.10. The Morgan fingerprint density at radius 2 is 1.90 bits per heavy atom. The van der Waals surface area contributed by atoms with Gasteiger partial charge in [0.1, 0.15) is 17.9 Å². The Balaban J connectivity index is 1.26. The minimum Gasteiger partial charge on any atom is -0.395 e. The number of nitrogens with one attached hydrogen (secondary N) is 1. The number of rotatable bonds is 11. The van der Waals surface area contributed by atoms with Crippen LogP contribution in [0.25, 0.3) is 0 Å². The molecular weight excluding hydrogens is 539 g/mol. The molecule has 1 spiro atoms. The van der Waals surface area contributed by atoms with Crippen molar-refractivity contribution >= 4 is 17.8 Å². The number of likely N-dealkylation sites (N-methyl/N-ethyl adjacent to an activating group) is 1. The van der Waals surface area contributed by atoms with Gasteiger partial charge in [-0.15, -0.1) is 0 Å². The number of aliphatic hydroxyl groups excluding tert-OH is 1. The number of imide groups is 1. The lowest BCUT2D eigenvalue weighted by molar-refractivity contribution is -0.142. The SMILES string of the molecule is CCC(CN(C)CCO)[C@@H]1CCC2C(CC[C@]23NC(=O)N(CC(=O)N(Cc2ccc(F)cc2)C2CCOCC2)C3=O)C1. The molecule has 4 aliphatic rings. The summed E-state index contributed by atoms with van der Waals surface area (Å²) < 4.78 is 19.0. The number of nitrogens with zero attached hydrogens (tertiary/aromatic N) is 3. The fourth-order valence-electron chi connectivity index (χ4n) is 8.21. The van der Waals surface area contributed by atoms with Crippen molar-refractivity contribution in [2.24, 2.45) is 23.7 Å². The summed E-state index contributed by atoms with van der Waals surface area (Å²) in [4.78, 5) is 46.1. The second kappa shape index (κ2) is 13.4. The highest BCUT2D eigenvalue weighted by atomic mass is 19.1. The highest BCUT2D eigenvalue weighted by Gasteiger charge is 2.61. The summed E-state index contributed by atoms with van der Waals surface area (Å²) in [5.41, 5.74) is -0.115. The first-order valence-electron chi connectivity index (χ1n) is 15.8. The molecule has 0 bridgehead atoms. The zero-order chi connectivity index (χ0) is 29.9. The van der Waals surface area contributed by atoms with Crippen LogP contribution in [0.1, 0.15) is 63.9 Å². The van der Waals surface area contributed by atoms with E-state index in [1.54, 1.807) is 17.0 Å². The number of amides is 4. The third-order valence-corrected chi connectivity index (χ3v) is 10.5. The van der Waals surface area contributed by atoms with E-state index < -0.39 is 11.6 Å². The molecule has 0 radical (unpaired) electrons. The Morgan fingerprint density at radius 1 is 1.17 bits per heavy atom. The first-order valence-corrected chi connectivity index (χ1v) is 15.8. The molecule has 10 heteroatoms. The van der Waals surface area contributed by atoms with Crippen molar-refractivity contribution < 1.29 is 28.6 Å². The van der Waals surface area contributed by atoms with E-state index >= 15 is 0 Å². The van der Waals surface area contributed by atoms with Gasteiger partial charge >= 0.3 is 6.03 Å². The van der Waals surface area contributed by atoms with E-state index in [1.165, 1.54) is 12.1 Å². The second-order valence-corrected chi connectivity index (χ2v) is 12.9. The lowest BCUT2D eigenvalue weighted by Gasteiger charge is -2.41. The summed E-state index contributed by atoms with van der Waals surface area (Å²) in [5.74, 6) is 0.701. The average Bonchev–Trinajstić information content (AvgIpc) is 3.47. The maximum Gasteiger partial charge on any atom is 0.325 e. The number of hydrogen-bond donors (Lipinski definition) is 2. The van der Waals surface area contributed by atoms with E-state index in [1.807, 2.05) is 0 Å². The van der Waals surface area contributed by atoms with Gasteiger partial charge in [-0.2, -0.15) is 0 Å². The second-order valence-electron chi connectivity index (χ2n) is 12.9. The minimum atomic E-state index is -0.914. The first-order chi connectivity index (χ1) is 20.3. The van der Waals surface area contributed by atoms with Crippen LogP contribution in [0.5, 0.6) is 0 Å². The summed E-state index contributed by atoms with van der Waals surface area (Å²) in [6.07, 6.45) is 6.91. The Kier molecular flexibility index (Phi) is 9.84.